The minimum Gasteiger partial charge on any atom is -0.356 e. The van der Waals surface area contributed by atoms with Gasteiger partial charge in [0.25, 0.3) is 5.69 Å². The number of aromatic nitrogens is 1. The van der Waals surface area contributed by atoms with Gasteiger partial charge in [0.15, 0.2) is 0 Å². The van der Waals surface area contributed by atoms with Gasteiger partial charge in [-0.15, -0.1) is 0 Å². The molecule has 1 rings (SSSR count). The Labute approximate surface area is 112 Å². The Balaban J connectivity index is 3.01. The summed E-state index contributed by atoms with van der Waals surface area (Å²) < 4.78 is 0. The van der Waals surface area contributed by atoms with Crippen LogP contribution in [0.4, 0.5) is 11.5 Å². The molecule has 0 aliphatic heterocycles. The summed E-state index contributed by atoms with van der Waals surface area (Å²) in [7, 11) is 0. The summed E-state index contributed by atoms with van der Waals surface area (Å²) in [5, 5.41) is 10.9. The fourth-order valence-electron chi connectivity index (χ4n) is 1.63. The van der Waals surface area contributed by atoms with Gasteiger partial charge in [0, 0.05) is 13.1 Å². The zero-order valence-corrected chi connectivity index (χ0v) is 11.6. The number of nitro groups is 1. The van der Waals surface area contributed by atoms with E-state index in [9.17, 15) is 10.1 Å². The highest BCUT2D eigenvalue weighted by Gasteiger charge is 2.15. The Morgan fingerprint density at radius 3 is 2.67 bits per heavy atom. The molecule has 0 aliphatic carbocycles. The molecule has 0 bridgehead atoms. The third-order valence-electron chi connectivity index (χ3n) is 2.91. The van der Waals surface area contributed by atoms with Crippen LogP contribution in [0.15, 0.2) is 12.1 Å². The zero-order valence-electron chi connectivity index (χ0n) is 10.9. The lowest BCUT2D eigenvalue weighted by molar-refractivity contribution is -0.384. The van der Waals surface area contributed by atoms with Crippen LogP contribution >= 0.6 is 11.6 Å². The van der Waals surface area contributed by atoms with E-state index in [4.69, 9.17) is 11.6 Å². The van der Waals surface area contributed by atoms with Crippen LogP contribution in [0.1, 0.15) is 27.2 Å². The molecular formula is C12H18ClN3O2. The first-order valence-electron chi connectivity index (χ1n) is 6.04. The molecule has 1 heterocycles. The van der Waals surface area contributed by atoms with E-state index in [1.807, 2.05) is 11.8 Å². The Bertz CT molecular complexity index is 426. The van der Waals surface area contributed by atoms with E-state index in [1.165, 1.54) is 12.1 Å². The van der Waals surface area contributed by atoms with Crippen molar-refractivity contribution < 1.29 is 4.92 Å². The third-order valence-corrected chi connectivity index (χ3v) is 3.10. The number of anilines is 1. The summed E-state index contributed by atoms with van der Waals surface area (Å²) in [5.74, 6) is 1.07. The highest BCUT2D eigenvalue weighted by Crippen LogP contribution is 2.24. The summed E-state index contributed by atoms with van der Waals surface area (Å²) in [6.07, 6.45) is 1.05. The first-order valence-corrected chi connectivity index (χ1v) is 6.42. The van der Waals surface area contributed by atoms with Crippen molar-refractivity contribution in [2.75, 3.05) is 18.0 Å². The van der Waals surface area contributed by atoms with Crippen LogP contribution in [-0.2, 0) is 0 Å². The summed E-state index contributed by atoms with van der Waals surface area (Å²) in [4.78, 5) is 16.5. The molecule has 0 saturated heterocycles. The monoisotopic (exact) mass is 271 g/mol. The molecule has 18 heavy (non-hydrogen) atoms. The van der Waals surface area contributed by atoms with Gasteiger partial charge in [0.05, 0.1) is 17.1 Å². The van der Waals surface area contributed by atoms with E-state index in [0.717, 1.165) is 19.5 Å². The molecule has 0 radical (unpaired) electrons. The van der Waals surface area contributed by atoms with Crippen molar-refractivity contribution in [1.82, 2.24) is 4.98 Å². The fraction of sp³-hybridized carbons (Fsp3) is 0.583. The van der Waals surface area contributed by atoms with Crippen LogP contribution in [0.5, 0.6) is 0 Å². The maximum absolute atomic E-state index is 10.8. The number of pyridine rings is 1. The van der Waals surface area contributed by atoms with E-state index in [1.54, 1.807) is 0 Å². The zero-order chi connectivity index (χ0) is 13.7. The molecule has 1 atom stereocenters. The van der Waals surface area contributed by atoms with Crippen LogP contribution in [0.3, 0.4) is 0 Å². The van der Waals surface area contributed by atoms with Gasteiger partial charge < -0.3 is 4.90 Å². The van der Waals surface area contributed by atoms with Gasteiger partial charge in [-0.2, -0.15) is 0 Å². The minimum atomic E-state index is -0.450. The Hall–Kier alpha value is -1.36. The van der Waals surface area contributed by atoms with Crippen molar-refractivity contribution in [3.05, 3.63) is 27.4 Å². The molecule has 100 valence electrons. The average molecular weight is 272 g/mol. The molecule has 0 fully saturated rings. The molecule has 6 heteroatoms. The number of hydrogen-bond acceptors (Lipinski definition) is 4. The number of rotatable bonds is 6. The molecule has 0 aliphatic rings. The molecule has 1 unspecified atom stereocenters. The highest BCUT2D eigenvalue weighted by atomic mass is 35.5. The van der Waals surface area contributed by atoms with Crippen molar-refractivity contribution in [1.29, 1.82) is 0 Å². The van der Waals surface area contributed by atoms with Gasteiger partial charge >= 0.3 is 0 Å². The average Bonchev–Trinajstić information content (AvgIpc) is 2.34. The van der Waals surface area contributed by atoms with Crippen molar-refractivity contribution in [3.63, 3.8) is 0 Å². The first kappa shape index (κ1) is 14.7. The van der Waals surface area contributed by atoms with Gasteiger partial charge in [0.1, 0.15) is 11.0 Å². The van der Waals surface area contributed by atoms with Crippen molar-refractivity contribution >= 4 is 23.1 Å². The van der Waals surface area contributed by atoms with Crippen LogP contribution in [-0.4, -0.2) is 23.0 Å². The molecule has 0 N–H and O–H groups in total. The van der Waals surface area contributed by atoms with E-state index >= 15 is 0 Å². The lowest BCUT2D eigenvalue weighted by Gasteiger charge is -2.24. The summed E-state index contributed by atoms with van der Waals surface area (Å²) in [6, 6.07) is 2.74. The Morgan fingerprint density at radius 2 is 2.17 bits per heavy atom. The second-order valence-electron chi connectivity index (χ2n) is 4.32. The maximum atomic E-state index is 10.8. The van der Waals surface area contributed by atoms with Crippen molar-refractivity contribution in [2.45, 2.75) is 27.2 Å². The second kappa shape index (κ2) is 6.54. The van der Waals surface area contributed by atoms with Gasteiger partial charge in [-0.05, 0) is 12.8 Å². The number of halogens is 1. The lowest BCUT2D eigenvalue weighted by atomic mass is 10.1. The molecular weight excluding hydrogens is 254 g/mol. The van der Waals surface area contributed by atoms with Crippen LogP contribution in [0.25, 0.3) is 0 Å². The van der Waals surface area contributed by atoms with Gasteiger partial charge in [0.2, 0.25) is 0 Å². The fourth-order valence-corrected chi connectivity index (χ4v) is 1.83. The van der Waals surface area contributed by atoms with Gasteiger partial charge in [-0.3, -0.25) is 10.1 Å². The molecule has 0 amide bonds. The highest BCUT2D eigenvalue weighted by molar-refractivity contribution is 6.29. The normalized spacial score (nSPS) is 12.2. The largest absolute Gasteiger partial charge is 0.356 e. The summed E-state index contributed by atoms with van der Waals surface area (Å²) in [6.45, 7) is 7.82. The molecule has 0 aromatic carbocycles. The van der Waals surface area contributed by atoms with Crippen LogP contribution in [0.2, 0.25) is 5.15 Å². The Kier molecular flexibility index (Phi) is 5.34. The molecule has 1 aromatic heterocycles. The quantitative estimate of drug-likeness (QED) is 0.451. The lowest BCUT2D eigenvalue weighted by Crippen LogP contribution is -2.28. The van der Waals surface area contributed by atoms with E-state index in [2.05, 4.69) is 18.8 Å². The molecule has 5 nitrogen and oxygen atoms in total. The van der Waals surface area contributed by atoms with Crippen LogP contribution < -0.4 is 4.90 Å². The second-order valence-corrected chi connectivity index (χ2v) is 4.70. The summed E-state index contributed by atoms with van der Waals surface area (Å²) >= 11 is 5.82. The molecule has 0 spiro atoms. The topological polar surface area (TPSA) is 59.3 Å². The van der Waals surface area contributed by atoms with Gasteiger partial charge in [-0.1, -0.05) is 31.9 Å². The van der Waals surface area contributed by atoms with E-state index < -0.39 is 4.92 Å². The smallest absolute Gasteiger partial charge is 0.276 e. The van der Waals surface area contributed by atoms with Crippen molar-refractivity contribution in [3.8, 4) is 0 Å². The number of hydrogen-bond donors (Lipinski definition) is 0. The predicted molar refractivity (Wildman–Crippen MR) is 73.2 cm³/mol. The number of nitrogens with zero attached hydrogens (tertiary/aromatic N) is 3. The van der Waals surface area contributed by atoms with E-state index in [0.29, 0.717) is 11.7 Å². The SMILES string of the molecule is CCC(C)CN(CC)c1cc([N+](=O)[O-])cc(Cl)n1. The Morgan fingerprint density at radius 1 is 1.50 bits per heavy atom. The first-order chi connectivity index (χ1) is 8.47. The van der Waals surface area contributed by atoms with Gasteiger partial charge in [-0.25, -0.2) is 4.98 Å². The van der Waals surface area contributed by atoms with Crippen molar-refractivity contribution in [2.24, 2.45) is 5.92 Å². The molecule has 0 saturated carbocycles. The van der Waals surface area contributed by atoms with Crippen LogP contribution in [0, 0.1) is 16.0 Å². The maximum Gasteiger partial charge on any atom is 0.276 e. The minimum absolute atomic E-state index is 0.0207. The predicted octanol–water partition coefficient (Wildman–Crippen LogP) is 3.52. The third kappa shape index (κ3) is 3.84. The molecule has 1 aromatic rings. The van der Waals surface area contributed by atoms with E-state index in [-0.39, 0.29) is 10.8 Å². The standard InChI is InChI=1S/C12H18ClN3O2/c1-4-9(3)8-15(5-2)12-7-10(16(17)18)6-11(13)14-12/h6-7,9H,4-5,8H2,1-3H3. The summed E-state index contributed by atoms with van der Waals surface area (Å²) in [5.41, 5.74) is -0.0207.